The van der Waals surface area contributed by atoms with E-state index in [0.717, 1.165) is 43.6 Å². The highest BCUT2D eigenvalue weighted by Crippen LogP contribution is 2.60. The van der Waals surface area contributed by atoms with Gasteiger partial charge in [0.2, 0.25) is 0 Å². The zero-order chi connectivity index (χ0) is 31.7. The summed E-state index contributed by atoms with van der Waals surface area (Å²) in [5.74, 6) is 3.04. The quantitative estimate of drug-likeness (QED) is 0.187. The van der Waals surface area contributed by atoms with Crippen LogP contribution in [0.3, 0.4) is 0 Å². The molecule has 0 saturated heterocycles. The van der Waals surface area contributed by atoms with Crippen molar-refractivity contribution in [2.45, 2.75) is 127 Å². The first-order chi connectivity index (χ1) is 19.2. The van der Waals surface area contributed by atoms with Crippen LogP contribution in [-0.2, 0) is 0 Å². The van der Waals surface area contributed by atoms with Gasteiger partial charge in [0.1, 0.15) is 0 Å². The number of aliphatic hydroxyl groups excluding tert-OH is 2. The van der Waals surface area contributed by atoms with Crippen molar-refractivity contribution >= 4 is 0 Å². The molecule has 0 amide bonds. The van der Waals surface area contributed by atoms with Gasteiger partial charge in [-0.2, -0.15) is 26.3 Å². The normalized spacial score (nSPS) is 32.1. The fourth-order valence-corrected chi connectivity index (χ4v) is 7.37. The van der Waals surface area contributed by atoms with Crippen LogP contribution < -0.4 is 0 Å². The maximum atomic E-state index is 13.2. The molecule has 0 bridgehead atoms. The molecular formula is C32H44F6O4. The van der Waals surface area contributed by atoms with Crippen LogP contribution in [0.15, 0.2) is 35.5 Å². The van der Waals surface area contributed by atoms with Gasteiger partial charge >= 0.3 is 18.0 Å². The van der Waals surface area contributed by atoms with Gasteiger partial charge in [0.05, 0.1) is 17.8 Å². The number of alkyl halides is 6. The Labute approximate surface area is 244 Å². The summed E-state index contributed by atoms with van der Waals surface area (Å²) in [7, 11) is 0. The summed E-state index contributed by atoms with van der Waals surface area (Å²) in [6.45, 7) is 9.40. The van der Waals surface area contributed by atoms with Crippen molar-refractivity contribution in [2.75, 3.05) is 0 Å². The van der Waals surface area contributed by atoms with E-state index in [2.05, 4.69) is 19.4 Å². The van der Waals surface area contributed by atoms with Crippen LogP contribution in [0.1, 0.15) is 91.4 Å². The number of rotatable bonds is 7. The van der Waals surface area contributed by atoms with Gasteiger partial charge in [0.15, 0.2) is 0 Å². The van der Waals surface area contributed by atoms with Crippen molar-refractivity contribution < 1.29 is 46.8 Å². The first-order valence-electron chi connectivity index (χ1n) is 14.7. The molecule has 42 heavy (non-hydrogen) atoms. The molecule has 3 rings (SSSR count). The second-order valence-electron chi connectivity index (χ2n) is 13.3. The minimum Gasteiger partial charge on any atom is -0.393 e. The minimum absolute atomic E-state index is 0.0203. The molecule has 3 saturated carbocycles. The lowest BCUT2D eigenvalue weighted by molar-refractivity contribution is -0.343. The molecule has 0 radical (unpaired) electrons. The summed E-state index contributed by atoms with van der Waals surface area (Å²) in [6.07, 6.45) is -3.56. The van der Waals surface area contributed by atoms with Crippen molar-refractivity contribution in [2.24, 2.45) is 23.2 Å². The van der Waals surface area contributed by atoms with Gasteiger partial charge in [-0.25, -0.2) is 0 Å². The highest BCUT2D eigenvalue weighted by Gasteiger charge is 2.70. The van der Waals surface area contributed by atoms with Gasteiger partial charge in [0.25, 0.3) is 0 Å². The van der Waals surface area contributed by atoms with E-state index < -0.39 is 35.8 Å². The predicted molar refractivity (Wildman–Crippen MR) is 148 cm³/mol. The number of fused-ring (bicyclic) bond motifs is 1. The second kappa shape index (κ2) is 12.7. The van der Waals surface area contributed by atoms with Crippen LogP contribution in [0, 0.1) is 35.0 Å². The molecule has 4 nitrogen and oxygen atoms in total. The SMILES string of the molecule is C=C1/C(=C\C=C2/CCC[C@@]3(C)C2CC[C@@H]3[C@H](CC#CC(O)(C(F)(F)F)C(F)(F)F)CCCC(C)(C)O)CC(O)C[C@@H]1O. The Hall–Kier alpha value is -1.80. The van der Waals surface area contributed by atoms with E-state index in [-0.39, 0.29) is 36.0 Å². The Balaban J connectivity index is 1.89. The van der Waals surface area contributed by atoms with Gasteiger partial charge in [-0.05, 0) is 105 Å². The van der Waals surface area contributed by atoms with E-state index in [4.69, 9.17) is 0 Å². The van der Waals surface area contributed by atoms with Gasteiger partial charge < -0.3 is 20.4 Å². The molecule has 0 aromatic heterocycles. The molecule has 3 aliphatic rings. The van der Waals surface area contributed by atoms with Gasteiger partial charge in [0, 0.05) is 12.8 Å². The highest BCUT2D eigenvalue weighted by atomic mass is 19.4. The molecule has 238 valence electrons. The van der Waals surface area contributed by atoms with Gasteiger partial charge in [-0.3, -0.25) is 0 Å². The maximum absolute atomic E-state index is 13.2. The van der Waals surface area contributed by atoms with Gasteiger partial charge in [-0.15, -0.1) is 0 Å². The van der Waals surface area contributed by atoms with Crippen molar-refractivity contribution in [1.82, 2.24) is 0 Å². The zero-order valence-corrected chi connectivity index (χ0v) is 24.6. The third-order valence-corrected chi connectivity index (χ3v) is 9.69. The van der Waals surface area contributed by atoms with E-state index >= 15 is 0 Å². The van der Waals surface area contributed by atoms with Gasteiger partial charge in [-0.1, -0.05) is 43.6 Å². The Morgan fingerprint density at radius 2 is 1.69 bits per heavy atom. The molecule has 0 heterocycles. The molecule has 4 N–H and O–H groups in total. The molecule has 0 aliphatic heterocycles. The van der Waals surface area contributed by atoms with E-state index in [1.54, 1.807) is 13.8 Å². The number of allylic oxidation sites excluding steroid dienone is 3. The summed E-state index contributed by atoms with van der Waals surface area (Å²) in [5.41, 5.74) is -3.75. The maximum Gasteiger partial charge on any atom is 0.438 e. The monoisotopic (exact) mass is 606 g/mol. The number of halogens is 6. The fourth-order valence-electron chi connectivity index (χ4n) is 7.37. The molecule has 0 aromatic rings. The average molecular weight is 607 g/mol. The van der Waals surface area contributed by atoms with Crippen LogP contribution in [0.5, 0.6) is 0 Å². The number of hydrogen-bond acceptors (Lipinski definition) is 4. The molecular weight excluding hydrogens is 562 g/mol. The van der Waals surface area contributed by atoms with Crippen LogP contribution in [0.4, 0.5) is 26.3 Å². The minimum atomic E-state index is -5.99. The Bertz CT molecular complexity index is 1090. The summed E-state index contributed by atoms with van der Waals surface area (Å²) >= 11 is 0. The summed E-state index contributed by atoms with van der Waals surface area (Å²) < 4.78 is 79.3. The number of aliphatic hydroxyl groups is 4. The first kappa shape index (κ1) is 34.7. The fraction of sp³-hybridized carbons (Fsp3) is 0.750. The number of hydrogen-bond donors (Lipinski definition) is 4. The molecule has 3 aliphatic carbocycles. The first-order valence-corrected chi connectivity index (χ1v) is 14.7. The lowest BCUT2D eigenvalue weighted by Crippen LogP contribution is -2.55. The summed E-state index contributed by atoms with van der Waals surface area (Å²) in [4.78, 5) is 0. The van der Waals surface area contributed by atoms with Crippen LogP contribution in [0.25, 0.3) is 0 Å². The summed E-state index contributed by atoms with van der Waals surface area (Å²) in [5, 5.41) is 40.0. The standard InChI is InChI=1S/C32H44F6O4/c1-20-23(18-24(39)19-27(20)40)12-11-22-9-6-16-29(4)25(13-14-26(22)29)21(8-5-15-28(2,3)41)10-7-17-30(42,31(33,34)35)32(36,37)38/h11-12,21,24-27,39-42H,1,5-6,8-10,13-16,18-19H2,2-4H3/b22-11+,23-12-/t21-,24?,25+,26?,27-,29+/m0/s1. The van der Waals surface area contributed by atoms with Crippen molar-refractivity contribution in [1.29, 1.82) is 0 Å². The van der Waals surface area contributed by atoms with Crippen LogP contribution in [0.2, 0.25) is 0 Å². The summed E-state index contributed by atoms with van der Waals surface area (Å²) in [6, 6.07) is 0. The smallest absolute Gasteiger partial charge is 0.393 e. The van der Waals surface area contributed by atoms with Crippen molar-refractivity contribution in [3.05, 3.63) is 35.5 Å². The second-order valence-corrected chi connectivity index (χ2v) is 13.3. The molecule has 0 spiro atoms. The Morgan fingerprint density at radius 1 is 1.05 bits per heavy atom. The van der Waals surface area contributed by atoms with E-state index in [9.17, 15) is 46.8 Å². The predicted octanol–water partition coefficient (Wildman–Crippen LogP) is 6.93. The topological polar surface area (TPSA) is 80.9 Å². The van der Waals surface area contributed by atoms with E-state index in [0.29, 0.717) is 31.3 Å². The lowest BCUT2D eigenvalue weighted by atomic mass is 9.60. The largest absolute Gasteiger partial charge is 0.438 e. The molecule has 2 unspecified atom stereocenters. The zero-order valence-electron chi connectivity index (χ0n) is 24.6. The molecule has 3 fully saturated rings. The average Bonchev–Trinajstić information content (AvgIpc) is 3.19. The molecule has 10 heteroatoms. The van der Waals surface area contributed by atoms with E-state index in [1.807, 2.05) is 12.2 Å². The van der Waals surface area contributed by atoms with E-state index in [1.165, 1.54) is 5.57 Å². The third kappa shape index (κ3) is 7.64. The van der Waals surface area contributed by atoms with Crippen molar-refractivity contribution in [3.63, 3.8) is 0 Å². The Morgan fingerprint density at radius 3 is 2.29 bits per heavy atom. The van der Waals surface area contributed by atoms with Crippen LogP contribution >= 0.6 is 0 Å². The highest BCUT2D eigenvalue weighted by molar-refractivity contribution is 5.38. The molecule has 0 aromatic carbocycles. The van der Waals surface area contributed by atoms with Crippen molar-refractivity contribution in [3.8, 4) is 11.8 Å². The third-order valence-electron chi connectivity index (χ3n) is 9.69. The van der Waals surface area contributed by atoms with Crippen LogP contribution in [-0.4, -0.2) is 56.2 Å². The Kier molecular flexibility index (Phi) is 10.5. The molecule has 6 atom stereocenters. The lowest BCUT2D eigenvalue weighted by Gasteiger charge is -2.45.